The zero-order chi connectivity index (χ0) is 11.0. The van der Waals surface area contributed by atoms with E-state index in [-0.39, 0.29) is 30.6 Å². The molecule has 0 unspecified atom stereocenters. The monoisotopic (exact) mass is 209 g/mol. The predicted octanol–water partition coefficient (Wildman–Crippen LogP) is -1.95. The molecule has 8 heteroatoms. The Morgan fingerprint density at radius 2 is 2.00 bits per heavy atom. The van der Waals surface area contributed by atoms with Crippen molar-refractivity contribution in [2.75, 3.05) is 17.2 Å². The molecule has 1 aromatic rings. The second kappa shape index (κ2) is 3.15. The normalized spacial score (nSPS) is 16.1. The van der Waals surface area contributed by atoms with Gasteiger partial charge in [-0.15, -0.1) is 0 Å². The number of Topliss-reactive ketones (excluding diaryl/α,β-unsaturated/α-hetero) is 1. The molecule has 2 rings (SSSR count). The van der Waals surface area contributed by atoms with Gasteiger partial charge in [0.15, 0.2) is 5.78 Å². The van der Waals surface area contributed by atoms with Crippen molar-refractivity contribution >= 4 is 23.6 Å². The number of nitrogens with zero attached hydrogens (tertiary/aromatic N) is 3. The maximum atomic E-state index is 11.3. The van der Waals surface area contributed by atoms with Crippen LogP contribution < -0.4 is 16.3 Å². The summed E-state index contributed by atoms with van der Waals surface area (Å²) in [7, 11) is 0. The summed E-state index contributed by atoms with van der Waals surface area (Å²) >= 11 is 0. The van der Waals surface area contributed by atoms with Crippen LogP contribution in [0.5, 0.6) is 0 Å². The number of hydrogen-bond donors (Lipinski definition) is 2. The van der Waals surface area contributed by atoms with Gasteiger partial charge in [-0.1, -0.05) is 0 Å². The lowest BCUT2D eigenvalue weighted by molar-refractivity contribution is -0.121. The lowest BCUT2D eigenvalue weighted by Crippen LogP contribution is -2.30. The first-order valence-electron chi connectivity index (χ1n) is 4.12. The van der Waals surface area contributed by atoms with Crippen molar-refractivity contribution in [3.05, 3.63) is 10.5 Å². The highest BCUT2D eigenvalue weighted by atomic mass is 16.2. The zero-order valence-electron chi connectivity index (χ0n) is 7.56. The van der Waals surface area contributed by atoms with Gasteiger partial charge in [0.05, 0.1) is 13.0 Å². The van der Waals surface area contributed by atoms with Crippen molar-refractivity contribution in [3.63, 3.8) is 0 Å². The van der Waals surface area contributed by atoms with Crippen LogP contribution in [0.1, 0.15) is 6.42 Å². The lowest BCUT2D eigenvalue weighted by Gasteiger charge is -2.10. The Kier molecular flexibility index (Phi) is 1.96. The van der Waals surface area contributed by atoms with Crippen molar-refractivity contribution in [2.45, 2.75) is 6.42 Å². The van der Waals surface area contributed by atoms with Gasteiger partial charge in [-0.05, 0) is 0 Å². The Labute approximate surface area is 83.1 Å². The molecule has 15 heavy (non-hydrogen) atoms. The molecule has 0 saturated carbocycles. The first-order chi connectivity index (χ1) is 7.06. The molecule has 1 saturated heterocycles. The number of hydrogen-bond acceptors (Lipinski definition) is 6. The number of aromatic nitrogens is 3. The SMILES string of the molecule is Nc1nc(N2CC(=O)CC2=O)nc(=O)[nH]1. The first kappa shape index (κ1) is 9.31. The quantitative estimate of drug-likeness (QED) is 0.518. The van der Waals surface area contributed by atoms with E-state index in [4.69, 9.17) is 5.73 Å². The Morgan fingerprint density at radius 1 is 1.27 bits per heavy atom. The minimum atomic E-state index is -0.704. The Morgan fingerprint density at radius 3 is 2.53 bits per heavy atom. The van der Waals surface area contributed by atoms with E-state index in [9.17, 15) is 14.4 Å². The van der Waals surface area contributed by atoms with Crippen LogP contribution in [0.25, 0.3) is 0 Å². The third-order valence-corrected chi connectivity index (χ3v) is 1.88. The molecule has 1 aromatic heterocycles. The van der Waals surface area contributed by atoms with Crippen LogP contribution in [-0.2, 0) is 9.59 Å². The average molecular weight is 209 g/mol. The molecule has 8 nitrogen and oxygen atoms in total. The van der Waals surface area contributed by atoms with Gasteiger partial charge >= 0.3 is 5.69 Å². The number of carbonyl (C=O) groups is 2. The molecule has 1 aliphatic rings. The summed E-state index contributed by atoms with van der Waals surface area (Å²) in [6.45, 7) is -0.109. The van der Waals surface area contributed by atoms with E-state index in [1.165, 1.54) is 0 Å². The summed E-state index contributed by atoms with van der Waals surface area (Å²) in [5.41, 5.74) is 4.57. The van der Waals surface area contributed by atoms with Crippen LogP contribution in [0.4, 0.5) is 11.9 Å². The molecule has 3 N–H and O–H groups in total. The van der Waals surface area contributed by atoms with E-state index in [2.05, 4.69) is 15.0 Å². The van der Waals surface area contributed by atoms with Gasteiger partial charge in [0.1, 0.15) is 0 Å². The molecule has 0 aliphatic carbocycles. The Balaban J connectivity index is 2.41. The second-order valence-corrected chi connectivity index (χ2v) is 3.03. The molecule has 0 aromatic carbocycles. The highest BCUT2D eigenvalue weighted by Gasteiger charge is 2.30. The molecule has 1 amide bonds. The van der Waals surface area contributed by atoms with E-state index in [1.54, 1.807) is 0 Å². The smallest absolute Gasteiger partial charge is 0.351 e. The maximum absolute atomic E-state index is 11.3. The topological polar surface area (TPSA) is 122 Å². The fourth-order valence-corrected chi connectivity index (χ4v) is 1.28. The fraction of sp³-hybridized carbons (Fsp3) is 0.286. The van der Waals surface area contributed by atoms with E-state index in [1.807, 2.05) is 0 Å². The number of nitrogen functional groups attached to an aromatic ring is 1. The van der Waals surface area contributed by atoms with Crippen molar-refractivity contribution in [3.8, 4) is 0 Å². The number of amides is 1. The summed E-state index contributed by atoms with van der Waals surface area (Å²) in [6.07, 6.45) is -0.184. The number of nitrogens with two attached hydrogens (primary N) is 1. The molecular formula is C7H7N5O3. The van der Waals surface area contributed by atoms with Crippen molar-refractivity contribution < 1.29 is 9.59 Å². The van der Waals surface area contributed by atoms with E-state index >= 15 is 0 Å². The number of aromatic amines is 1. The van der Waals surface area contributed by atoms with Gasteiger partial charge in [0.25, 0.3) is 0 Å². The van der Waals surface area contributed by atoms with E-state index in [0.29, 0.717) is 0 Å². The highest BCUT2D eigenvalue weighted by Crippen LogP contribution is 2.13. The van der Waals surface area contributed by atoms with E-state index in [0.717, 1.165) is 4.90 Å². The zero-order valence-corrected chi connectivity index (χ0v) is 7.56. The highest BCUT2D eigenvalue weighted by molar-refractivity contribution is 6.14. The summed E-state index contributed by atoms with van der Waals surface area (Å²) in [4.78, 5) is 43.5. The molecule has 1 aliphatic heterocycles. The molecule has 2 heterocycles. The summed E-state index contributed by atoms with van der Waals surface area (Å²) in [5.74, 6) is -0.934. The number of rotatable bonds is 1. The molecular weight excluding hydrogens is 202 g/mol. The molecule has 78 valence electrons. The standard InChI is InChI=1S/C7H7N5O3/c8-5-9-6(11-7(15)10-5)12-2-3(13)1-4(12)14/h1-2H2,(H3,8,9,10,11,15). The number of carbonyl (C=O) groups excluding carboxylic acids is 2. The molecule has 0 spiro atoms. The molecule has 0 radical (unpaired) electrons. The van der Waals surface area contributed by atoms with Crippen LogP contribution in [-0.4, -0.2) is 33.2 Å². The van der Waals surface area contributed by atoms with Crippen LogP contribution in [0.3, 0.4) is 0 Å². The van der Waals surface area contributed by atoms with Crippen LogP contribution in [0.2, 0.25) is 0 Å². The van der Waals surface area contributed by atoms with Crippen molar-refractivity contribution in [1.82, 2.24) is 15.0 Å². The Bertz CT molecular complexity index is 494. The van der Waals surface area contributed by atoms with Gasteiger partial charge in [0, 0.05) is 0 Å². The summed E-state index contributed by atoms with van der Waals surface area (Å²) in [6, 6.07) is 0. The van der Waals surface area contributed by atoms with Crippen LogP contribution in [0.15, 0.2) is 4.79 Å². The summed E-state index contributed by atoms with van der Waals surface area (Å²) in [5, 5.41) is 0. The largest absolute Gasteiger partial charge is 0.369 e. The van der Waals surface area contributed by atoms with Crippen molar-refractivity contribution in [2.24, 2.45) is 0 Å². The molecule has 1 fully saturated rings. The van der Waals surface area contributed by atoms with E-state index < -0.39 is 11.6 Å². The van der Waals surface area contributed by atoms with Gasteiger partial charge in [-0.25, -0.2) is 4.79 Å². The molecule has 0 atom stereocenters. The van der Waals surface area contributed by atoms with Gasteiger partial charge < -0.3 is 5.73 Å². The first-order valence-corrected chi connectivity index (χ1v) is 4.12. The van der Waals surface area contributed by atoms with Gasteiger partial charge in [-0.2, -0.15) is 9.97 Å². The fourth-order valence-electron chi connectivity index (χ4n) is 1.28. The minimum absolute atomic E-state index is 0.109. The number of ketones is 1. The predicted molar refractivity (Wildman–Crippen MR) is 49.0 cm³/mol. The second-order valence-electron chi connectivity index (χ2n) is 3.03. The van der Waals surface area contributed by atoms with Gasteiger partial charge in [0.2, 0.25) is 17.8 Å². The minimum Gasteiger partial charge on any atom is -0.369 e. The van der Waals surface area contributed by atoms with Gasteiger partial charge in [-0.3, -0.25) is 19.5 Å². The van der Waals surface area contributed by atoms with Crippen LogP contribution in [0, 0.1) is 0 Å². The number of anilines is 2. The Hall–Kier alpha value is -2.25. The van der Waals surface area contributed by atoms with Crippen LogP contribution >= 0.6 is 0 Å². The average Bonchev–Trinajstić information content (AvgIpc) is 2.43. The number of H-pyrrole nitrogens is 1. The third-order valence-electron chi connectivity index (χ3n) is 1.88. The number of nitrogens with one attached hydrogen (secondary N) is 1. The van der Waals surface area contributed by atoms with Crippen molar-refractivity contribution in [1.29, 1.82) is 0 Å². The maximum Gasteiger partial charge on any atom is 0.351 e. The summed E-state index contributed by atoms with van der Waals surface area (Å²) < 4.78 is 0. The third kappa shape index (κ3) is 1.68. The lowest BCUT2D eigenvalue weighted by atomic mass is 10.3. The molecule has 0 bridgehead atoms.